The van der Waals surface area contributed by atoms with Crippen molar-refractivity contribution in [3.63, 3.8) is 0 Å². The van der Waals surface area contributed by atoms with Crippen molar-refractivity contribution in [1.29, 1.82) is 0 Å². The predicted molar refractivity (Wildman–Crippen MR) is 77.8 cm³/mol. The third-order valence-electron chi connectivity index (χ3n) is 2.89. The topological polar surface area (TPSA) is 35.2 Å². The highest BCUT2D eigenvalue weighted by Crippen LogP contribution is 2.37. The highest BCUT2D eigenvalue weighted by Gasteiger charge is 2.34. The summed E-state index contributed by atoms with van der Waals surface area (Å²) >= 11 is 3.29. The molecule has 2 N–H and O–H groups in total. The summed E-state index contributed by atoms with van der Waals surface area (Å²) in [6, 6.07) is 11.0. The molecule has 0 aromatic heterocycles. The van der Waals surface area contributed by atoms with Crippen LogP contribution in [0.2, 0.25) is 0 Å². The first-order chi connectivity index (χ1) is 9.90. The third kappa shape index (κ3) is 4.22. The molecular weight excluding hydrogens is 347 g/mol. The highest BCUT2D eigenvalue weighted by molar-refractivity contribution is 9.10. The van der Waals surface area contributed by atoms with Gasteiger partial charge in [0, 0.05) is 11.0 Å². The van der Waals surface area contributed by atoms with Gasteiger partial charge < -0.3 is 10.5 Å². The van der Waals surface area contributed by atoms with E-state index in [-0.39, 0.29) is 18.9 Å². The number of hydrogen-bond acceptors (Lipinski definition) is 2. The Bertz CT molecular complexity index is 611. The summed E-state index contributed by atoms with van der Waals surface area (Å²) in [6.45, 7) is 0.119. The molecular formula is C15H13BrF3NO. The van der Waals surface area contributed by atoms with Crippen molar-refractivity contribution in [1.82, 2.24) is 0 Å². The number of nitrogens with two attached hydrogens (primary N) is 1. The van der Waals surface area contributed by atoms with Gasteiger partial charge in [-0.1, -0.05) is 34.1 Å². The molecule has 0 aliphatic rings. The van der Waals surface area contributed by atoms with Crippen LogP contribution in [0.3, 0.4) is 0 Å². The fourth-order valence-corrected chi connectivity index (χ4v) is 2.06. The fraction of sp³-hybridized carbons (Fsp3) is 0.200. The van der Waals surface area contributed by atoms with Crippen molar-refractivity contribution in [2.45, 2.75) is 19.3 Å². The van der Waals surface area contributed by atoms with E-state index in [4.69, 9.17) is 10.5 Å². The van der Waals surface area contributed by atoms with E-state index in [2.05, 4.69) is 15.9 Å². The maximum atomic E-state index is 13.0. The number of rotatable bonds is 4. The Morgan fingerprint density at radius 1 is 1.00 bits per heavy atom. The van der Waals surface area contributed by atoms with Crippen molar-refractivity contribution in [2.75, 3.05) is 0 Å². The van der Waals surface area contributed by atoms with E-state index >= 15 is 0 Å². The molecule has 0 bridgehead atoms. The van der Waals surface area contributed by atoms with Gasteiger partial charge in [0.15, 0.2) is 0 Å². The summed E-state index contributed by atoms with van der Waals surface area (Å²) < 4.78 is 45.3. The Morgan fingerprint density at radius 2 is 1.62 bits per heavy atom. The van der Waals surface area contributed by atoms with Gasteiger partial charge in [-0.05, 0) is 35.4 Å². The molecule has 0 unspecified atom stereocenters. The average molecular weight is 360 g/mol. The van der Waals surface area contributed by atoms with Gasteiger partial charge in [-0.25, -0.2) is 0 Å². The zero-order valence-electron chi connectivity index (χ0n) is 11.0. The van der Waals surface area contributed by atoms with E-state index in [1.807, 2.05) is 0 Å². The lowest BCUT2D eigenvalue weighted by molar-refractivity contribution is -0.139. The minimum absolute atomic E-state index is 0.0517. The largest absolute Gasteiger partial charge is 0.488 e. The molecule has 0 aliphatic carbocycles. The minimum atomic E-state index is -4.47. The molecule has 0 heterocycles. The third-order valence-corrected chi connectivity index (χ3v) is 3.42. The molecule has 112 valence electrons. The van der Waals surface area contributed by atoms with E-state index < -0.39 is 11.7 Å². The molecule has 21 heavy (non-hydrogen) atoms. The van der Waals surface area contributed by atoms with Gasteiger partial charge in [0.2, 0.25) is 0 Å². The molecule has 0 saturated carbocycles. The van der Waals surface area contributed by atoms with Crippen molar-refractivity contribution in [3.8, 4) is 5.75 Å². The van der Waals surface area contributed by atoms with Gasteiger partial charge in [0.25, 0.3) is 0 Å². The van der Waals surface area contributed by atoms with Gasteiger partial charge >= 0.3 is 6.18 Å². The smallest absolute Gasteiger partial charge is 0.419 e. The number of benzene rings is 2. The first kappa shape index (κ1) is 15.9. The van der Waals surface area contributed by atoms with Crippen LogP contribution in [0.25, 0.3) is 0 Å². The van der Waals surface area contributed by atoms with Crippen LogP contribution in [0.1, 0.15) is 16.7 Å². The summed E-state index contributed by atoms with van der Waals surface area (Å²) in [7, 11) is 0. The summed E-state index contributed by atoms with van der Waals surface area (Å²) in [5, 5.41) is 0. The maximum absolute atomic E-state index is 13.0. The van der Waals surface area contributed by atoms with Crippen LogP contribution in [-0.2, 0) is 19.3 Å². The fourth-order valence-electron chi connectivity index (χ4n) is 1.79. The molecule has 2 rings (SSSR count). The summed E-state index contributed by atoms with van der Waals surface area (Å²) in [5.74, 6) is -0.192. The highest BCUT2D eigenvalue weighted by atomic mass is 79.9. The monoisotopic (exact) mass is 359 g/mol. The van der Waals surface area contributed by atoms with E-state index in [1.54, 1.807) is 24.3 Å². The second-order valence-electron chi connectivity index (χ2n) is 4.45. The van der Waals surface area contributed by atoms with Gasteiger partial charge in [-0.3, -0.25) is 0 Å². The lowest BCUT2D eigenvalue weighted by Gasteiger charge is -2.15. The van der Waals surface area contributed by atoms with Gasteiger partial charge in [0.05, 0.1) is 5.56 Å². The number of halogens is 4. The quantitative estimate of drug-likeness (QED) is 0.871. The lowest BCUT2D eigenvalue weighted by atomic mass is 10.1. The van der Waals surface area contributed by atoms with Gasteiger partial charge in [0.1, 0.15) is 12.4 Å². The van der Waals surface area contributed by atoms with Crippen molar-refractivity contribution >= 4 is 15.9 Å². The summed E-state index contributed by atoms with van der Waals surface area (Å²) in [5.41, 5.74) is 5.78. The van der Waals surface area contributed by atoms with Gasteiger partial charge in [-0.2, -0.15) is 13.2 Å². The van der Waals surface area contributed by atoms with Crippen LogP contribution in [0.5, 0.6) is 5.75 Å². The Hall–Kier alpha value is -1.53. The Balaban J connectivity index is 2.21. The number of ether oxygens (including phenoxy) is 1. The molecule has 2 aromatic carbocycles. The molecule has 0 saturated heterocycles. The van der Waals surface area contributed by atoms with Crippen LogP contribution < -0.4 is 10.5 Å². The number of alkyl halides is 3. The first-order valence-corrected chi connectivity index (χ1v) is 6.97. The Morgan fingerprint density at radius 3 is 2.19 bits per heavy atom. The van der Waals surface area contributed by atoms with Crippen LogP contribution in [0.4, 0.5) is 13.2 Å². The zero-order valence-corrected chi connectivity index (χ0v) is 12.5. The van der Waals surface area contributed by atoms with Crippen molar-refractivity contribution in [2.24, 2.45) is 5.73 Å². The molecule has 2 aromatic rings. The van der Waals surface area contributed by atoms with E-state index in [0.29, 0.717) is 5.56 Å². The van der Waals surface area contributed by atoms with Crippen LogP contribution in [-0.4, -0.2) is 0 Å². The molecule has 0 fully saturated rings. The molecule has 0 amide bonds. The Labute approximate surface area is 128 Å². The summed E-state index contributed by atoms with van der Waals surface area (Å²) in [6.07, 6.45) is -4.47. The molecule has 0 radical (unpaired) electrons. The molecule has 0 spiro atoms. The predicted octanol–water partition coefficient (Wildman–Crippen LogP) is 4.51. The lowest BCUT2D eigenvalue weighted by Crippen LogP contribution is -2.10. The van der Waals surface area contributed by atoms with Crippen LogP contribution in [0.15, 0.2) is 46.9 Å². The molecule has 0 aliphatic heterocycles. The maximum Gasteiger partial charge on any atom is 0.419 e. The minimum Gasteiger partial charge on any atom is -0.488 e. The van der Waals surface area contributed by atoms with Crippen LogP contribution in [0, 0.1) is 0 Å². The first-order valence-electron chi connectivity index (χ1n) is 6.17. The SMILES string of the molecule is NCc1ccc(OCc2ccc(Br)cc2)c(C(F)(F)F)c1. The normalized spacial score (nSPS) is 11.5. The zero-order chi connectivity index (χ0) is 15.5. The molecule has 0 atom stereocenters. The van der Waals surface area contributed by atoms with E-state index in [9.17, 15) is 13.2 Å². The second-order valence-corrected chi connectivity index (χ2v) is 5.36. The van der Waals surface area contributed by atoms with Crippen molar-refractivity contribution in [3.05, 3.63) is 63.6 Å². The van der Waals surface area contributed by atoms with E-state index in [0.717, 1.165) is 16.1 Å². The standard InChI is InChI=1S/C15H13BrF3NO/c16-12-4-1-10(2-5-12)9-21-14-6-3-11(8-20)7-13(14)15(17,18)19/h1-7H,8-9,20H2. The summed E-state index contributed by atoms with van der Waals surface area (Å²) in [4.78, 5) is 0. The molecule has 6 heteroatoms. The second kappa shape index (κ2) is 6.49. The average Bonchev–Trinajstić information content (AvgIpc) is 2.45. The van der Waals surface area contributed by atoms with Gasteiger partial charge in [-0.15, -0.1) is 0 Å². The Kier molecular flexibility index (Phi) is 4.90. The number of hydrogen-bond donors (Lipinski definition) is 1. The van der Waals surface area contributed by atoms with Crippen LogP contribution >= 0.6 is 15.9 Å². The molecule has 2 nitrogen and oxygen atoms in total. The van der Waals surface area contributed by atoms with E-state index in [1.165, 1.54) is 12.1 Å². The van der Waals surface area contributed by atoms with Crippen molar-refractivity contribution < 1.29 is 17.9 Å².